The fourth-order valence-electron chi connectivity index (χ4n) is 4.07. The molecule has 0 saturated carbocycles. The molecule has 6 heteroatoms. The smallest absolute Gasteiger partial charge is 0.407 e. The Bertz CT molecular complexity index is 1040. The van der Waals surface area contributed by atoms with Crippen LogP contribution in [0, 0.1) is 0 Å². The third-order valence-electron chi connectivity index (χ3n) is 5.58. The summed E-state index contributed by atoms with van der Waals surface area (Å²) in [5, 5.41) is 21.8. The lowest BCUT2D eigenvalue weighted by atomic mass is 9.98. The average molecular weight is 417 g/mol. The van der Waals surface area contributed by atoms with Crippen LogP contribution in [0.4, 0.5) is 4.79 Å². The van der Waals surface area contributed by atoms with E-state index >= 15 is 0 Å². The number of aliphatic hydroxyl groups is 1. The third kappa shape index (κ3) is 4.44. The fraction of sp³-hybridized carbons (Fsp3) is 0.200. The van der Waals surface area contributed by atoms with Crippen LogP contribution in [-0.2, 0) is 16.0 Å². The Labute approximate surface area is 180 Å². The minimum absolute atomic E-state index is 0.102. The second-order valence-corrected chi connectivity index (χ2v) is 7.55. The first kappa shape index (κ1) is 20.6. The van der Waals surface area contributed by atoms with Crippen LogP contribution in [-0.4, -0.2) is 41.0 Å². The van der Waals surface area contributed by atoms with Crippen LogP contribution in [0.2, 0.25) is 0 Å². The van der Waals surface area contributed by atoms with Gasteiger partial charge in [0.1, 0.15) is 6.61 Å². The number of nitrogens with one attached hydrogen (secondary N) is 1. The van der Waals surface area contributed by atoms with Crippen molar-refractivity contribution >= 4 is 12.1 Å². The molecule has 0 aromatic heterocycles. The van der Waals surface area contributed by atoms with E-state index in [0.29, 0.717) is 0 Å². The van der Waals surface area contributed by atoms with Gasteiger partial charge >= 0.3 is 12.1 Å². The van der Waals surface area contributed by atoms with Crippen molar-refractivity contribution in [1.29, 1.82) is 0 Å². The lowest BCUT2D eigenvalue weighted by Crippen LogP contribution is -2.48. The molecular formula is C25H23NO5. The van der Waals surface area contributed by atoms with Gasteiger partial charge in [0.25, 0.3) is 0 Å². The predicted molar refractivity (Wildman–Crippen MR) is 116 cm³/mol. The number of carboxylic acid groups (broad SMARTS) is 1. The topological polar surface area (TPSA) is 95.9 Å². The SMILES string of the molecule is O=C(N[C@@H](Cc1ccccc1)[C@@H](O)C(=O)O)OCC1c2ccccc2-c2ccccc21. The molecule has 1 amide bonds. The van der Waals surface area contributed by atoms with E-state index in [1.807, 2.05) is 66.7 Å². The zero-order valence-corrected chi connectivity index (χ0v) is 16.8. The number of benzene rings is 3. The van der Waals surface area contributed by atoms with Gasteiger partial charge in [-0.3, -0.25) is 0 Å². The molecule has 0 aliphatic heterocycles. The summed E-state index contributed by atoms with van der Waals surface area (Å²) >= 11 is 0. The van der Waals surface area contributed by atoms with Crippen LogP contribution in [0.15, 0.2) is 78.9 Å². The summed E-state index contributed by atoms with van der Waals surface area (Å²) in [6, 6.07) is 24.1. The summed E-state index contributed by atoms with van der Waals surface area (Å²) in [4.78, 5) is 23.8. The molecule has 1 aliphatic rings. The highest BCUT2D eigenvalue weighted by Gasteiger charge is 2.31. The first-order chi connectivity index (χ1) is 15.0. The molecule has 6 nitrogen and oxygen atoms in total. The maximum Gasteiger partial charge on any atom is 0.407 e. The van der Waals surface area contributed by atoms with E-state index < -0.39 is 24.2 Å². The van der Waals surface area contributed by atoms with Gasteiger partial charge in [0.15, 0.2) is 6.10 Å². The molecule has 0 spiro atoms. The van der Waals surface area contributed by atoms with E-state index in [-0.39, 0.29) is 18.9 Å². The summed E-state index contributed by atoms with van der Waals surface area (Å²) in [6.07, 6.45) is -2.35. The lowest BCUT2D eigenvalue weighted by molar-refractivity contribution is -0.148. The van der Waals surface area contributed by atoms with Gasteiger partial charge in [-0.1, -0.05) is 78.9 Å². The van der Waals surface area contributed by atoms with Gasteiger partial charge in [-0.2, -0.15) is 0 Å². The van der Waals surface area contributed by atoms with Crippen LogP contribution in [0.25, 0.3) is 11.1 Å². The van der Waals surface area contributed by atoms with Crippen molar-refractivity contribution in [2.24, 2.45) is 0 Å². The Hall–Kier alpha value is -3.64. The number of carbonyl (C=O) groups is 2. The summed E-state index contributed by atoms with van der Waals surface area (Å²) in [7, 11) is 0. The van der Waals surface area contributed by atoms with Crippen molar-refractivity contribution in [3.05, 3.63) is 95.6 Å². The van der Waals surface area contributed by atoms with Crippen molar-refractivity contribution < 1.29 is 24.5 Å². The normalized spacial score (nSPS) is 14.2. The Morgan fingerprint density at radius 3 is 2.00 bits per heavy atom. The number of ether oxygens (including phenoxy) is 1. The highest BCUT2D eigenvalue weighted by Crippen LogP contribution is 2.44. The van der Waals surface area contributed by atoms with Crippen molar-refractivity contribution in [3.8, 4) is 11.1 Å². The summed E-state index contributed by atoms with van der Waals surface area (Å²) < 4.78 is 5.48. The largest absolute Gasteiger partial charge is 0.479 e. The van der Waals surface area contributed by atoms with Gasteiger partial charge in [0.05, 0.1) is 6.04 Å². The molecule has 0 fully saturated rings. The number of fused-ring (bicyclic) bond motifs is 3. The molecule has 0 unspecified atom stereocenters. The third-order valence-corrected chi connectivity index (χ3v) is 5.58. The zero-order valence-electron chi connectivity index (χ0n) is 16.8. The molecule has 3 aromatic carbocycles. The number of carbonyl (C=O) groups excluding carboxylic acids is 1. The molecule has 0 radical (unpaired) electrons. The molecule has 0 bridgehead atoms. The molecule has 0 heterocycles. The van der Waals surface area contributed by atoms with Crippen molar-refractivity contribution in [1.82, 2.24) is 5.32 Å². The molecule has 0 saturated heterocycles. The summed E-state index contributed by atoms with van der Waals surface area (Å²) in [5.74, 6) is -1.50. The van der Waals surface area contributed by atoms with Gasteiger partial charge in [0.2, 0.25) is 0 Å². The van der Waals surface area contributed by atoms with Gasteiger partial charge < -0.3 is 20.3 Å². The number of alkyl carbamates (subject to hydrolysis) is 1. The first-order valence-corrected chi connectivity index (χ1v) is 10.1. The number of amides is 1. The van der Waals surface area contributed by atoms with Crippen LogP contribution in [0.1, 0.15) is 22.6 Å². The van der Waals surface area contributed by atoms with Crippen LogP contribution in [0.3, 0.4) is 0 Å². The Balaban J connectivity index is 1.46. The van der Waals surface area contributed by atoms with Crippen LogP contribution in [0.5, 0.6) is 0 Å². The maximum absolute atomic E-state index is 12.5. The van der Waals surface area contributed by atoms with E-state index in [0.717, 1.165) is 27.8 Å². The van der Waals surface area contributed by atoms with Crippen molar-refractivity contribution in [2.75, 3.05) is 6.61 Å². The number of carboxylic acids is 1. The molecule has 4 rings (SSSR count). The number of hydrogen-bond donors (Lipinski definition) is 3. The number of hydrogen-bond acceptors (Lipinski definition) is 4. The van der Waals surface area contributed by atoms with Gasteiger partial charge in [-0.05, 0) is 34.2 Å². The predicted octanol–water partition coefficient (Wildman–Crippen LogP) is 3.58. The Kier molecular flexibility index (Phi) is 6.00. The lowest BCUT2D eigenvalue weighted by Gasteiger charge is -2.22. The molecular weight excluding hydrogens is 394 g/mol. The second kappa shape index (κ2) is 9.02. The van der Waals surface area contributed by atoms with E-state index in [4.69, 9.17) is 4.74 Å². The van der Waals surface area contributed by atoms with Crippen molar-refractivity contribution in [3.63, 3.8) is 0 Å². The van der Waals surface area contributed by atoms with E-state index in [2.05, 4.69) is 5.32 Å². The van der Waals surface area contributed by atoms with Crippen LogP contribution < -0.4 is 5.32 Å². The highest BCUT2D eigenvalue weighted by molar-refractivity contribution is 5.79. The molecule has 3 aromatic rings. The van der Waals surface area contributed by atoms with Crippen molar-refractivity contribution in [2.45, 2.75) is 24.5 Å². The van der Waals surface area contributed by atoms with E-state index in [1.54, 1.807) is 12.1 Å². The Morgan fingerprint density at radius 1 is 0.871 bits per heavy atom. The van der Waals surface area contributed by atoms with Gasteiger partial charge in [0, 0.05) is 5.92 Å². The molecule has 158 valence electrons. The fourth-order valence-corrected chi connectivity index (χ4v) is 4.07. The highest BCUT2D eigenvalue weighted by atomic mass is 16.5. The summed E-state index contributed by atoms with van der Waals surface area (Å²) in [6.45, 7) is 0.112. The molecule has 3 N–H and O–H groups in total. The van der Waals surface area contributed by atoms with E-state index in [9.17, 15) is 19.8 Å². The number of aliphatic hydroxyl groups excluding tert-OH is 1. The quantitative estimate of drug-likeness (QED) is 0.546. The minimum Gasteiger partial charge on any atom is -0.479 e. The van der Waals surface area contributed by atoms with E-state index in [1.165, 1.54) is 0 Å². The maximum atomic E-state index is 12.5. The standard InChI is InChI=1S/C25H23NO5/c27-23(24(28)29)22(14-16-8-2-1-3-9-16)26-25(30)31-15-21-19-12-6-4-10-17(19)18-11-5-7-13-20(18)21/h1-13,21-23,27H,14-15H2,(H,26,30)(H,28,29)/t22-,23+/m0/s1. The van der Waals surface area contributed by atoms with Crippen LogP contribution >= 0.6 is 0 Å². The molecule has 2 atom stereocenters. The Morgan fingerprint density at radius 2 is 1.42 bits per heavy atom. The molecule has 1 aliphatic carbocycles. The zero-order chi connectivity index (χ0) is 21.8. The first-order valence-electron chi connectivity index (χ1n) is 10.1. The summed E-state index contributed by atoms with van der Waals surface area (Å²) in [5.41, 5.74) is 5.21. The molecule has 31 heavy (non-hydrogen) atoms. The van der Waals surface area contributed by atoms with Gasteiger partial charge in [-0.25, -0.2) is 9.59 Å². The number of rotatable bonds is 7. The monoisotopic (exact) mass is 417 g/mol. The van der Waals surface area contributed by atoms with Gasteiger partial charge in [-0.15, -0.1) is 0 Å². The minimum atomic E-state index is -1.75. The second-order valence-electron chi connectivity index (χ2n) is 7.55. The number of aliphatic carboxylic acids is 1. The average Bonchev–Trinajstić information content (AvgIpc) is 3.11.